The van der Waals surface area contributed by atoms with E-state index in [1.54, 1.807) is 18.3 Å². The number of ether oxygens (including phenoxy) is 1. The smallest absolute Gasteiger partial charge is 0.335 e. The van der Waals surface area contributed by atoms with E-state index >= 15 is 0 Å². The van der Waals surface area contributed by atoms with Gasteiger partial charge < -0.3 is 19.5 Å². The molecule has 48 heavy (non-hydrogen) atoms. The Morgan fingerprint density at radius 3 is 2.40 bits per heavy atom. The molecule has 3 heterocycles. The molecule has 2 aromatic heterocycles. The highest BCUT2D eigenvalue weighted by Gasteiger charge is 2.22. The SMILES string of the molecule is CCCC(Oc1ccc2ccnc(-[n+]3ccccc3)c2c1)C(=O)Nc1ccc(N2CCCCC2=O)cc1.Cc1ccc(S(=O)(=O)[O-])cc1. The average molecular weight is 667 g/mol. The van der Waals surface area contributed by atoms with Gasteiger partial charge in [0, 0.05) is 24.3 Å². The van der Waals surface area contributed by atoms with Crippen LogP contribution in [0, 0.1) is 6.92 Å². The third kappa shape index (κ3) is 8.81. The number of carbonyl (C=O) groups is 2. The molecule has 1 atom stereocenters. The number of nitrogens with one attached hydrogen (secondary N) is 1. The normalized spacial score (nSPS) is 13.7. The van der Waals surface area contributed by atoms with Crippen LogP contribution in [0.1, 0.15) is 44.6 Å². The van der Waals surface area contributed by atoms with Crippen molar-refractivity contribution in [1.82, 2.24) is 4.98 Å². The van der Waals surface area contributed by atoms with Crippen LogP contribution >= 0.6 is 0 Å². The lowest BCUT2D eigenvalue weighted by atomic mass is 10.1. The third-order valence-corrected chi connectivity index (χ3v) is 8.73. The van der Waals surface area contributed by atoms with E-state index in [1.165, 1.54) is 12.1 Å². The Bertz CT molecular complexity index is 1970. The fraction of sp³-hybridized carbons (Fsp3) is 0.243. The zero-order valence-corrected chi connectivity index (χ0v) is 27.7. The molecule has 3 aromatic carbocycles. The molecule has 1 aliphatic rings. The molecule has 248 valence electrons. The minimum absolute atomic E-state index is 0.152. The van der Waals surface area contributed by atoms with Crippen molar-refractivity contribution in [2.75, 3.05) is 16.8 Å². The first-order chi connectivity index (χ1) is 23.1. The number of aromatic nitrogens is 2. The predicted octanol–water partition coefficient (Wildman–Crippen LogP) is 6.11. The fourth-order valence-corrected chi connectivity index (χ4v) is 5.82. The molecule has 5 aromatic rings. The summed E-state index contributed by atoms with van der Waals surface area (Å²) in [6.45, 7) is 4.59. The first-order valence-corrected chi connectivity index (χ1v) is 17.3. The Hall–Kier alpha value is -5.13. The summed E-state index contributed by atoms with van der Waals surface area (Å²) < 4.78 is 39.3. The molecule has 0 aliphatic carbocycles. The monoisotopic (exact) mass is 666 g/mol. The Morgan fingerprint density at radius 1 is 1.00 bits per heavy atom. The average Bonchev–Trinajstić information content (AvgIpc) is 3.09. The number of piperidine rings is 1. The van der Waals surface area contributed by atoms with Crippen molar-refractivity contribution in [1.29, 1.82) is 0 Å². The van der Waals surface area contributed by atoms with Crippen LogP contribution in [-0.2, 0) is 19.7 Å². The number of benzene rings is 3. The van der Waals surface area contributed by atoms with Crippen LogP contribution in [0.4, 0.5) is 11.4 Å². The Kier molecular flexibility index (Phi) is 11.1. The second-order valence-corrected chi connectivity index (χ2v) is 12.9. The summed E-state index contributed by atoms with van der Waals surface area (Å²) in [6.07, 6.45) is 8.98. The van der Waals surface area contributed by atoms with Gasteiger partial charge in [0.2, 0.25) is 5.91 Å². The van der Waals surface area contributed by atoms with Gasteiger partial charge in [-0.25, -0.2) is 13.0 Å². The van der Waals surface area contributed by atoms with Gasteiger partial charge in [-0.1, -0.05) is 43.2 Å². The molecular formula is C37H38N4O6S. The maximum Gasteiger partial charge on any atom is 0.335 e. The lowest BCUT2D eigenvalue weighted by molar-refractivity contribution is -0.598. The summed E-state index contributed by atoms with van der Waals surface area (Å²) in [5.41, 5.74) is 2.46. The summed E-state index contributed by atoms with van der Waals surface area (Å²) in [5, 5.41) is 4.96. The Morgan fingerprint density at radius 2 is 1.73 bits per heavy atom. The molecule has 1 unspecified atom stereocenters. The van der Waals surface area contributed by atoms with Crippen molar-refractivity contribution in [2.24, 2.45) is 0 Å². The molecule has 1 aliphatic heterocycles. The summed E-state index contributed by atoms with van der Waals surface area (Å²) in [7, 11) is -4.27. The highest BCUT2D eigenvalue weighted by Crippen LogP contribution is 2.26. The topological polar surface area (TPSA) is 133 Å². The number of rotatable bonds is 9. The second-order valence-electron chi connectivity index (χ2n) is 11.5. The second kappa shape index (κ2) is 15.6. The predicted molar refractivity (Wildman–Crippen MR) is 183 cm³/mol. The quantitative estimate of drug-likeness (QED) is 0.148. The molecule has 2 amide bonds. The molecule has 1 saturated heterocycles. The van der Waals surface area contributed by atoms with E-state index in [9.17, 15) is 22.6 Å². The van der Waals surface area contributed by atoms with E-state index in [-0.39, 0.29) is 16.7 Å². The Labute approximate surface area is 280 Å². The zero-order valence-electron chi connectivity index (χ0n) is 26.9. The van der Waals surface area contributed by atoms with E-state index in [2.05, 4.69) is 10.3 Å². The molecule has 0 radical (unpaired) electrons. The van der Waals surface area contributed by atoms with Crippen LogP contribution in [0.2, 0.25) is 0 Å². The summed E-state index contributed by atoms with van der Waals surface area (Å²) in [4.78, 5) is 31.6. The largest absolute Gasteiger partial charge is 0.744 e. The van der Waals surface area contributed by atoms with Crippen LogP contribution in [0.3, 0.4) is 0 Å². The first-order valence-electron chi connectivity index (χ1n) is 15.9. The zero-order chi connectivity index (χ0) is 34.1. The van der Waals surface area contributed by atoms with Gasteiger partial charge in [0.25, 0.3) is 5.91 Å². The van der Waals surface area contributed by atoms with Crippen LogP contribution in [0.25, 0.3) is 16.6 Å². The number of fused-ring (bicyclic) bond motifs is 1. The van der Waals surface area contributed by atoms with Gasteiger partial charge in [0.05, 0.1) is 22.7 Å². The van der Waals surface area contributed by atoms with Crippen molar-refractivity contribution in [3.8, 4) is 11.6 Å². The number of amides is 2. The van der Waals surface area contributed by atoms with Gasteiger partial charge in [-0.15, -0.1) is 0 Å². The van der Waals surface area contributed by atoms with Crippen molar-refractivity contribution in [2.45, 2.75) is 57.0 Å². The van der Waals surface area contributed by atoms with E-state index < -0.39 is 16.2 Å². The lowest BCUT2D eigenvalue weighted by Gasteiger charge is -2.27. The standard InChI is InChI=1S/C30H30N4O3.C7H8O3S/c1-2-8-27(30(36)32-23-11-13-24(14-12-23)34-20-7-4-9-28(34)35)37-25-15-10-22-16-17-31-29(26(22)21-25)33-18-5-3-6-19-33;1-6-2-4-7(5-3-6)11(8,9)10/h3,5-6,10-19,21,27H,2,4,7-9,20H2,1H3;2-5H,1H3,(H,8,9,10). The van der Waals surface area contributed by atoms with Crippen LogP contribution in [-0.4, -0.2) is 42.4 Å². The minimum atomic E-state index is -4.27. The van der Waals surface area contributed by atoms with Gasteiger partial charge in [-0.3, -0.25) is 9.59 Å². The fourth-order valence-electron chi connectivity index (χ4n) is 5.35. The Balaban J connectivity index is 0.000000349. The number of hydrogen-bond donors (Lipinski definition) is 1. The summed E-state index contributed by atoms with van der Waals surface area (Å²) >= 11 is 0. The van der Waals surface area contributed by atoms with Gasteiger partial charge in [0.15, 0.2) is 6.10 Å². The molecule has 0 bridgehead atoms. The number of pyridine rings is 2. The number of hydrogen-bond acceptors (Lipinski definition) is 7. The number of nitrogens with zero attached hydrogens (tertiary/aromatic N) is 3. The number of anilines is 2. The lowest BCUT2D eigenvalue weighted by Crippen LogP contribution is -2.35. The molecule has 6 rings (SSSR count). The molecule has 0 spiro atoms. The van der Waals surface area contributed by atoms with Crippen molar-refractivity contribution in [3.05, 3.63) is 115 Å². The van der Waals surface area contributed by atoms with E-state index in [4.69, 9.17) is 4.74 Å². The molecule has 1 fully saturated rings. The molecule has 1 N–H and O–H groups in total. The highest BCUT2D eigenvalue weighted by molar-refractivity contribution is 7.85. The van der Waals surface area contributed by atoms with E-state index in [0.29, 0.717) is 24.3 Å². The van der Waals surface area contributed by atoms with Crippen molar-refractivity contribution in [3.63, 3.8) is 0 Å². The molecule has 11 heteroatoms. The van der Waals surface area contributed by atoms with Crippen molar-refractivity contribution >= 4 is 44.1 Å². The van der Waals surface area contributed by atoms with Crippen molar-refractivity contribution < 1.29 is 31.9 Å². The maximum absolute atomic E-state index is 13.2. The summed E-state index contributed by atoms with van der Waals surface area (Å²) in [5.74, 6) is 1.37. The molecule has 10 nitrogen and oxygen atoms in total. The number of aryl methyl sites for hydroxylation is 1. The third-order valence-electron chi connectivity index (χ3n) is 7.88. The van der Waals surface area contributed by atoms with Crippen LogP contribution < -0.4 is 19.5 Å². The first kappa shape index (κ1) is 34.2. The van der Waals surface area contributed by atoms with Crippen LogP contribution in [0.5, 0.6) is 5.75 Å². The molecule has 0 saturated carbocycles. The van der Waals surface area contributed by atoms with Gasteiger partial charge in [-0.05, 0) is 103 Å². The summed E-state index contributed by atoms with van der Waals surface area (Å²) in [6, 6.07) is 26.9. The highest BCUT2D eigenvalue weighted by atomic mass is 32.2. The van der Waals surface area contributed by atoms with E-state index in [1.807, 2.05) is 102 Å². The van der Waals surface area contributed by atoms with Gasteiger partial charge in [-0.2, -0.15) is 0 Å². The van der Waals surface area contributed by atoms with Gasteiger partial charge >= 0.3 is 5.82 Å². The van der Waals surface area contributed by atoms with Crippen LogP contribution in [0.15, 0.2) is 114 Å². The van der Waals surface area contributed by atoms with E-state index in [0.717, 1.165) is 53.6 Å². The maximum atomic E-state index is 13.2. The minimum Gasteiger partial charge on any atom is -0.744 e. The molecular weight excluding hydrogens is 628 g/mol. The van der Waals surface area contributed by atoms with Gasteiger partial charge in [0.1, 0.15) is 22.1 Å². The number of carbonyl (C=O) groups excluding carboxylic acids is 2.